The molecule has 7 heteroatoms. The summed E-state index contributed by atoms with van der Waals surface area (Å²) < 4.78 is 17.9. The molecule has 51 heavy (non-hydrogen) atoms. The van der Waals surface area contributed by atoms with Gasteiger partial charge in [-0.1, -0.05) is 156 Å². The number of nitrogens with zero attached hydrogens (tertiary/aromatic N) is 1. The van der Waals surface area contributed by atoms with Crippen LogP contribution < -0.4 is 5.32 Å². The van der Waals surface area contributed by atoms with Crippen LogP contribution in [0.4, 0.5) is 0 Å². The maximum atomic E-state index is 12.1. The lowest BCUT2D eigenvalue weighted by molar-refractivity contribution is -0.148. The molecule has 0 unspecified atom stereocenters. The lowest BCUT2D eigenvalue weighted by Gasteiger charge is -2.22. The highest BCUT2D eigenvalue weighted by Crippen LogP contribution is 2.15. The van der Waals surface area contributed by atoms with E-state index in [1.54, 1.807) is 6.92 Å². The second-order valence-corrected chi connectivity index (χ2v) is 15.1. The summed E-state index contributed by atoms with van der Waals surface area (Å²) in [5.74, 6) is 0.0184. The van der Waals surface area contributed by atoms with E-state index >= 15 is 0 Å². The van der Waals surface area contributed by atoms with Crippen molar-refractivity contribution in [2.45, 2.75) is 227 Å². The van der Waals surface area contributed by atoms with Gasteiger partial charge in [0.05, 0.1) is 6.61 Å². The molecule has 0 radical (unpaired) electrons. The van der Waals surface area contributed by atoms with E-state index in [1.807, 2.05) is 0 Å². The molecular formula is C44H90N2O5. The zero-order valence-electron chi connectivity index (χ0n) is 34.7. The van der Waals surface area contributed by atoms with Gasteiger partial charge in [-0.15, -0.1) is 0 Å². The van der Waals surface area contributed by atoms with E-state index in [0.717, 1.165) is 90.6 Å². The Bertz CT molecular complexity index is 711. The number of esters is 1. The van der Waals surface area contributed by atoms with Gasteiger partial charge in [-0.3, -0.25) is 9.59 Å². The van der Waals surface area contributed by atoms with Gasteiger partial charge >= 0.3 is 5.97 Å². The molecule has 0 spiro atoms. The molecular weight excluding hydrogens is 636 g/mol. The van der Waals surface area contributed by atoms with Gasteiger partial charge in [0.2, 0.25) is 5.91 Å². The third-order valence-electron chi connectivity index (χ3n) is 9.94. The number of unbranched alkanes of at least 4 members (excludes halogenated alkanes) is 23. The number of nitrogens with one attached hydrogen (secondary N) is 1. The van der Waals surface area contributed by atoms with Crippen LogP contribution in [0.15, 0.2) is 0 Å². The van der Waals surface area contributed by atoms with Crippen LogP contribution in [0.2, 0.25) is 0 Å². The van der Waals surface area contributed by atoms with Gasteiger partial charge < -0.3 is 24.4 Å². The fourth-order valence-corrected chi connectivity index (χ4v) is 6.59. The predicted molar refractivity (Wildman–Crippen MR) is 219 cm³/mol. The highest BCUT2D eigenvalue weighted by molar-refractivity contribution is 5.72. The second kappa shape index (κ2) is 41.6. The Kier molecular flexibility index (Phi) is 40.6. The van der Waals surface area contributed by atoms with E-state index in [9.17, 15) is 9.59 Å². The van der Waals surface area contributed by atoms with Crippen molar-refractivity contribution in [1.29, 1.82) is 0 Å². The molecule has 0 fully saturated rings. The van der Waals surface area contributed by atoms with Gasteiger partial charge in [0.15, 0.2) is 6.29 Å². The van der Waals surface area contributed by atoms with Crippen LogP contribution >= 0.6 is 0 Å². The summed E-state index contributed by atoms with van der Waals surface area (Å²) in [4.78, 5) is 26.0. The number of hydrogen-bond acceptors (Lipinski definition) is 6. The first-order valence-corrected chi connectivity index (χ1v) is 22.4. The molecule has 0 atom stereocenters. The van der Waals surface area contributed by atoms with Gasteiger partial charge in [-0.25, -0.2) is 0 Å². The van der Waals surface area contributed by atoms with E-state index in [2.05, 4.69) is 31.0 Å². The molecule has 0 aliphatic carbocycles. The lowest BCUT2D eigenvalue weighted by Crippen LogP contribution is -2.35. The summed E-state index contributed by atoms with van der Waals surface area (Å²) in [5.41, 5.74) is 0. The van der Waals surface area contributed by atoms with Gasteiger partial charge in [0.1, 0.15) is 0 Å². The lowest BCUT2D eigenvalue weighted by atomic mass is 10.1. The number of carbonyl (C=O) groups is 2. The number of carbonyl (C=O) groups excluding carboxylic acids is 2. The molecule has 0 saturated heterocycles. The minimum atomic E-state index is -0.0500. The van der Waals surface area contributed by atoms with Crippen LogP contribution in [0.1, 0.15) is 222 Å². The quantitative estimate of drug-likeness (QED) is 0.0383. The van der Waals surface area contributed by atoms with Crippen LogP contribution in [-0.2, 0) is 23.8 Å². The van der Waals surface area contributed by atoms with Crippen molar-refractivity contribution in [2.75, 3.05) is 46.0 Å². The molecule has 0 saturated carbocycles. The summed E-state index contributed by atoms with van der Waals surface area (Å²) in [7, 11) is 0. The van der Waals surface area contributed by atoms with Crippen LogP contribution in [0.5, 0.6) is 0 Å². The summed E-state index contributed by atoms with van der Waals surface area (Å²) in [5, 5.41) is 2.97. The zero-order chi connectivity index (χ0) is 37.3. The van der Waals surface area contributed by atoms with Gasteiger partial charge in [0, 0.05) is 41.1 Å². The predicted octanol–water partition coefficient (Wildman–Crippen LogP) is 12.3. The van der Waals surface area contributed by atoms with Crippen molar-refractivity contribution in [3.05, 3.63) is 0 Å². The van der Waals surface area contributed by atoms with E-state index in [1.165, 1.54) is 128 Å². The molecule has 7 nitrogen and oxygen atoms in total. The zero-order valence-corrected chi connectivity index (χ0v) is 34.7. The smallest absolute Gasteiger partial charge is 0.305 e. The normalized spacial score (nSPS) is 11.6. The summed E-state index contributed by atoms with van der Waals surface area (Å²) >= 11 is 0. The Labute approximate surface area is 319 Å². The fraction of sp³-hybridized carbons (Fsp3) is 0.955. The highest BCUT2D eigenvalue weighted by Gasteiger charge is 2.11. The Morgan fingerprint density at radius 3 is 1.41 bits per heavy atom. The molecule has 1 amide bonds. The average Bonchev–Trinajstić information content (AvgIpc) is 3.12. The first kappa shape index (κ1) is 49.8. The summed E-state index contributed by atoms with van der Waals surface area (Å²) in [6.45, 7) is 14.4. The van der Waals surface area contributed by atoms with E-state index in [4.69, 9.17) is 14.2 Å². The van der Waals surface area contributed by atoms with Crippen molar-refractivity contribution in [3.63, 3.8) is 0 Å². The molecule has 0 aromatic carbocycles. The molecule has 1 N–H and O–H groups in total. The van der Waals surface area contributed by atoms with Gasteiger partial charge in [0.25, 0.3) is 0 Å². The molecule has 306 valence electrons. The third kappa shape index (κ3) is 39.9. The maximum absolute atomic E-state index is 12.1. The standard InChI is InChI=1S/C44H88N2O5.H2/c1-5-8-11-14-17-25-30-39-49-43(48)33-26-19-18-21-28-36-46(38-35-45-42(4)47)37-29-22-20-27-34-44(50-40-31-23-15-12-9-6-2)51-41-32-24-16-13-10-7-3;/h44H,5-41H2,1-4H3,(H,45,47);1H. The fourth-order valence-electron chi connectivity index (χ4n) is 6.59. The van der Waals surface area contributed by atoms with Crippen LogP contribution in [0.25, 0.3) is 0 Å². The molecule has 0 heterocycles. The Morgan fingerprint density at radius 1 is 0.510 bits per heavy atom. The number of rotatable bonds is 42. The highest BCUT2D eigenvalue weighted by atomic mass is 16.7. The first-order valence-electron chi connectivity index (χ1n) is 22.4. The first-order chi connectivity index (χ1) is 25.0. The average molecular weight is 727 g/mol. The van der Waals surface area contributed by atoms with Crippen molar-refractivity contribution in [1.82, 2.24) is 10.2 Å². The molecule has 0 bridgehead atoms. The third-order valence-corrected chi connectivity index (χ3v) is 9.94. The van der Waals surface area contributed by atoms with Crippen molar-refractivity contribution < 1.29 is 25.2 Å². The number of amides is 1. The topological polar surface area (TPSA) is 77.1 Å². The Hall–Kier alpha value is -1.18. The van der Waals surface area contributed by atoms with Gasteiger partial charge in [-0.05, 0) is 64.5 Å². The van der Waals surface area contributed by atoms with Crippen LogP contribution in [-0.4, -0.2) is 69.1 Å². The SMILES string of the molecule is CCCCCCCCCOC(=O)CCCCCCCN(CCCCCCC(OCCCCCCCC)OCCCCCCCC)CCNC(C)=O.[HH]. The number of hydrogen-bond donors (Lipinski definition) is 1. The van der Waals surface area contributed by atoms with Crippen LogP contribution in [0.3, 0.4) is 0 Å². The van der Waals surface area contributed by atoms with Gasteiger partial charge in [-0.2, -0.15) is 0 Å². The molecule has 0 aliphatic rings. The largest absolute Gasteiger partial charge is 0.466 e. The molecule has 0 aliphatic heterocycles. The minimum absolute atomic E-state index is 0. The molecule has 0 aromatic rings. The Morgan fingerprint density at radius 2 is 0.922 bits per heavy atom. The van der Waals surface area contributed by atoms with Crippen molar-refractivity contribution in [3.8, 4) is 0 Å². The Balaban J connectivity index is 0. The van der Waals surface area contributed by atoms with E-state index in [0.29, 0.717) is 19.6 Å². The summed E-state index contributed by atoms with van der Waals surface area (Å²) in [6.07, 6.45) is 35.9. The van der Waals surface area contributed by atoms with Crippen molar-refractivity contribution in [2.24, 2.45) is 0 Å². The maximum Gasteiger partial charge on any atom is 0.305 e. The second-order valence-electron chi connectivity index (χ2n) is 15.1. The minimum Gasteiger partial charge on any atom is -0.466 e. The van der Waals surface area contributed by atoms with Crippen LogP contribution in [0, 0.1) is 0 Å². The molecule has 0 rings (SSSR count). The molecule has 0 aromatic heterocycles. The monoisotopic (exact) mass is 727 g/mol. The van der Waals surface area contributed by atoms with Crippen molar-refractivity contribution >= 4 is 11.9 Å². The number of ether oxygens (including phenoxy) is 3. The van der Waals surface area contributed by atoms with E-state index < -0.39 is 0 Å². The van der Waals surface area contributed by atoms with E-state index in [-0.39, 0.29) is 19.6 Å². The summed E-state index contributed by atoms with van der Waals surface area (Å²) in [6, 6.07) is 0.